The largest absolute Gasteiger partial charge is 0.383 e. The third-order valence-electron chi connectivity index (χ3n) is 4.50. The molecule has 2 N–H and O–H groups in total. The Morgan fingerprint density at radius 3 is 2.76 bits per heavy atom. The van der Waals surface area contributed by atoms with Crippen molar-refractivity contribution in [1.29, 1.82) is 0 Å². The van der Waals surface area contributed by atoms with Crippen LogP contribution in [0, 0.1) is 6.92 Å². The molecule has 0 saturated carbocycles. The van der Waals surface area contributed by atoms with E-state index in [9.17, 15) is 9.90 Å². The molecule has 0 radical (unpaired) electrons. The van der Waals surface area contributed by atoms with E-state index in [4.69, 9.17) is 0 Å². The highest BCUT2D eigenvalue weighted by Crippen LogP contribution is 2.31. The maximum atomic E-state index is 12.4. The molecule has 1 aliphatic heterocycles. The first-order valence-electron chi connectivity index (χ1n) is 8.47. The van der Waals surface area contributed by atoms with Crippen LogP contribution < -0.4 is 0 Å². The van der Waals surface area contributed by atoms with Crippen LogP contribution in [0.2, 0.25) is 0 Å². The molecule has 0 aromatic carbocycles. The summed E-state index contributed by atoms with van der Waals surface area (Å²) >= 11 is 1.34. The number of carbonyl (C=O) groups excluding carboxylic acids is 1. The fourth-order valence-electron chi connectivity index (χ4n) is 2.84. The van der Waals surface area contributed by atoms with E-state index >= 15 is 0 Å². The van der Waals surface area contributed by atoms with Crippen LogP contribution in [0.5, 0.6) is 0 Å². The van der Waals surface area contributed by atoms with Crippen LogP contribution in [0.25, 0.3) is 0 Å². The number of likely N-dealkylation sites (tertiary alicyclic amines) is 1. The molecule has 2 aromatic rings. The molecule has 134 valence electrons. The van der Waals surface area contributed by atoms with Crippen molar-refractivity contribution in [2.75, 3.05) is 18.8 Å². The molecule has 1 saturated heterocycles. The third kappa shape index (κ3) is 4.19. The molecule has 0 bridgehead atoms. The quantitative estimate of drug-likeness (QED) is 0.787. The Labute approximate surface area is 151 Å². The Balaban J connectivity index is 1.52. The van der Waals surface area contributed by atoms with Crippen LogP contribution in [0.3, 0.4) is 0 Å². The molecule has 0 aliphatic carbocycles. The minimum atomic E-state index is -0.947. The van der Waals surface area contributed by atoms with E-state index in [1.165, 1.54) is 11.8 Å². The van der Waals surface area contributed by atoms with Gasteiger partial charge in [-0.05, 0) is 31.4 Å². The first-order valence-corrected chi connectivity index (χ1v) is 9.46. The molecular weight excluding hydrogens is 338 g/mol. The van der Waals surface area contributed by atoms with Gasteiger partial charge in [0.1, 0.15) is 11.4 Å². The summed E-state index contributed by atoms with van der Waals surface area (Å²) < 4.78 is 0. The number of hydrogen-bond acceptors (Lipinski definition) is 6. The zero-order chi connectivity index (χ0) is 17.9. The van der Waals surface area contributed by atoms with Crippen molar-refractivity contribution in [3.8, 4) is 0 Å². The highest BCUT2D eigenvalue weighted by atomic mass is 32.2. The predicted octanol–water partition coefficient (Wildman–Crippen LogP) is 1.67. The van der Waals surface area contributed by atoms with Gasteiger partial charge in [0.05, 0.1) is 11.4 Å². The van der Waals surface area contributed by atoms with Gasteiger partial charge in [-0.2, -0.15) is 0 Å². The van der Waals surface area contributed by atoms with Crippen molar-refractivity contribution in [2.24, 2.45) is 0 Å². The number of aromatic amines is 1. The van der Waals surface area contributed by atoms with Crippen LogP contribution >= 0.6 is 11.8 Å². The Morgan fingerprint density at radius 2 is 2.16 bits per heavy atom. The van der Waals surface area contributed by atoms with Crippen molar-refractivity contribution in [3.05, 3.63) is 35.4 Å². The third-order valence-corrected chi connectivity index (χ3v) is 5.33. The summed E-state index contributed by atoms with van der Waals surface area (Å²) in [7, 11) is 0. The SMILES string of the molecule is CCc1nc(SCC(=O)N2CCC(O)(c3ccc(C)cn3)CC2)n[nH]1. The number of thioether (sulfide) groups is 1. The van der Waals surface area contributed by atoms with E-state index in [1.807, 2.05) is 26.0 Å². The second-order valence-electron chi connectivity index (χ2n) is 6.34. The number of nitrogens with one attached hydrogen (secondary N) is 1. The van der Waals surface area contributed by atoms with E-state index in [-0.39, 0.29) is 5.91 Å². The molecule has 8 heteroatoms. The minimum Gasteiger partial charge on any atom is -0.383 e. The van der Waals surface area contributed by atoms with Crippen LogP contribution in [0.4, 0.5) is 0 Å². The summed E-state index contributed by atoms with van der Waals surface area (Å²) in [5.41, 5.74) is 0.805. The second-order valence-corrected chi connectivity index (χ2v) is 7.28. The van der Waals surface area contributed by atoms with Gasteiger partial charge in [0.2, 0.25) is 11.1 Å². The molecule has 0 spiro atoms. The normalized spacial score (nSPS) is 16.8. The number of aliphatic hydroxyl groups is 1. The van der Waals surface area contributed by atoms with Crippen molar-refractivity contribution in [3.63, 3.8) is 0 Å². The van der Waals surface area contributed by atoms with Gasteiger partial charge in [-0.15, -0.1) is 5.10 Å². The van der Waals surface area contributed by atoms with E-state index in [0.29, 0.717) is 42.5 Å². The van der Waals surface area contributed by atoms with Gasteiger partial charge in [-0.1, -0.05) is 24.8 Å². The Morgan fingerprint density at radius 1 is 1.40 bits per heavy atom. The number of carbonyl (C=O) groups is 1. The minimum absolute atomic E-state index is 0.0479. The number of rotatable bonds is 5. The Kier molecular flexibility index (Phi) is 5.39. The predicted molar refractivity (Wildman–Crippen MR) is 95.2 cm³/mol. The number of hydrogen-bond donors (Lipinski definition) is 2. The van der Waals surface area contributed by atoms with Crippen molar-refractivity contribution in [1.82, 2.24) is 25.1 Å². The molecule has 1 fully saturated rings. The molecule has 1 aliphatic rings. The smallest absolute Gasteiger partial charge is 0.233 e. The van der Waals surface area contributed by atoms with Crippen molar-refractivity contribution < 1.29 is 9.90 Å². The lowest BCUT2D eigenvalue weighted by Gasteiger charge is -2.37. The van der Waals surface area contributed by atoms with Crippen LogP contribution in [-0.2, 0) is 16.8 Å². The number of H-pyrrole nitrogens is 1. The highest BCUT2D eigenvalue weighted by Gasteiger charge is 2.36. The molecule has 1 amide bonds. The Hall–Kier alpha value is -1.93. The maximum Gasteiger partial charge on any atom is 0.233 e. The molecular formula is C17H23N5O2S. The molecule has 3 heterocycles. The summed E-state index contributed by atoms with van der Waals surface area (Å²) in [6, 6.07) is 3.83. The van der Waals surface area contributed by atoms with Gasteiger partial charge in [0, 0.05) is 25.7 Å². The van der Waals surface area contributed by atoms with Gasteiger partial charge in [-0.3, -0.25) is 14.9 Å². The highest BCUT2D eigenvalue weighted by molar-refractivity contribution is 7.99. The molecule has 0 atom stereocenters. The number of pyridine rings is 1. The van der Waals surface area contributed by atoms with Gasteiger partial charge < -0.3 is 10.0 Å². The number of piperidine rings is 1. The molecule has 2 aromatic heterocycles. The average Bonchev–Trinajstić information content (AvgIpc) is 3.09. The summed E-state index contributed by atoms with van der Waals surface area (Å²) in [6.45, 7) is 5.02. The first-order chi connectivity index (χ1) is 12.0. The standard InChI is InChI=1S/C17H23N5O2S/c1-3-14-19-16(21-20-14)25-11-15(23)22-8-6-17(24,7-9-22)13-5-4-12(2)10-18-13/h4-5,10,24H,3,6-9,11H2,1-2H3,(H,19,20,21). The van der Waals surface area contributed by atoms with Gasteiger partial charge >= 0.3 is 0 Å². The number of amides is 1. The molecule has 7 nitrogen and oxygen atoms in total. The van der Waals surface area contributed by atoms with Crippen molar-refractivity contribution in [2.45, 2.75) is 43.9 Å². The Bertz CT molecular complexity index is 723. The zero-order valence-electron chi connectivity index (χ0n) is 14.5. The number of nitrogens with zero attached hydrogens (tertiary/aromatic N) is 4. The summed E-state index contributed by atoms with van der Waals surface area (Å²) in [5.74, 6) is 1.18. The van der Waals surface area contributed by atoms with E-state index in [2.05, 4.69) is 20.2 Å². The lowest BCUT2D eigenvalue weighted by atomic mass is 9.87. The summed E-state index contributed by atoms with van der Waals surface area (Å²) in [6.07, 6.45) is 3.56. The number of aromatic nitrogens is 4. The maximum absolute atomic E-state index is 12.4. The fraction of sp³-hybridized carbons (Fsp3) is 0.529. The van der Waals surface area contributed by atoms with Gasteiger partial charge in [0.15, 0.2) is 0 Å². The first kappa shape index (κ1) is 17.9. The topological polar surface area (TPSA) is 95.0 Å². The summed E-state index contributed by atoms with van der Waals surface area (Å²) in [5, 5.41) is 18.4. The fourth-order valence-corrected chi connectivity index (χ4v) is 3.56. The average molecular weight is 361 g/mol. The van der Waals surface area contributed by atoms with Gasteiger partial charge in [0.25, 0.3) is 0 Å². The van der Waals surface area contributed by atoms with Crippen LogP contribution in [0.15, 0.2) is 23.5 Å². The van der Waals surface area contributed by atoms with Crippen molar-refractivity contribution >= 4 is 17.7 Å². The lowest BCUT2D eigenvalue weighted by Crippen LogP contribution is -2.46. The molecule has 25 heavy (non-hydrogen) atoms. The monoisotopic (exact) mass is 361 g/mol. The molecule has 0 unspecified atom stereocenters. The van der Waals surface area contributed by atoms with Gasteiger partial charge in [-0.25, -0.2) is 4.98 Å². The van der Waals surface area contributed by atoms with E-state index in [0.717, 1.165) is 17.8 Å². The van der Waals surface area contributed by atoms with Crippen LogP contribution in [-0.4, -0.2) is 54.9 Å². The number of aryl methyl sites for hydroxylation is 2. The zero-order valence-corrected chi connectivity index (χ0v) is 15.3. The summed E-state index contributed by atoms with van der Waals surface area (Å²) in [4.78, 5) is 22.8. The molecule has 3 rings (SSSR count). The van der Waals surface area contributed by atoms with E-state index < -0.39 is 5.60 Å². The second kappa shape index (κ2) is 7.53. The van der Waals surface area contributed by atoms with Crippen LogP contribution in [0.1, 0.15) is 36.8 Å². The van der Waals surface area contributed by atoms with E-state index in [1.54, 1.807) is 11.1 Å². The lowest BCUT2D eigenvalue weighted by molar-refractivity contribution is -0.133.